The van der Waals surface area contributed by atoms with Gasteiger partial charge >= 0.3 is 23.9 Å². The Morgan fingerprint density at radius 1 is 0.562 bits per heavy atom. The Morgan fingerprint density at radius 3 is 1.47 bits per heavy atom. The van der Waals surface area contributed by atoms with Crippen molar-refractivity contribution in [2.24, 2.45) is 0 Å². The quantitative estimate of drug-likeness (QED) is 0.0522. The maximum Gasteiger partial charge on any atom is 0.326 e. The average Bonchev–Trinajstić information content (AvgIpc) is 3.85. The van der Waals surface area contributed by atoms with Gasteiger partial charge in [0.1, 0.15) is 23.4 Å². The minimum atomic E-state index is -1.29. The first-order chi connectivity index (χ1) is 30.4. The highest BCUT2D eigenvalue weighted by molar-refractivity contribution is 5.97. The van der Waals surface area contributed by atoms with E-state index in [4.69, 9.17) is 26.8 Å². The highest BCUT2D eigenvalue weighted by Gasteiger charge is 2.23. The van der Waals surface area contributed by atoms with E-state index in [1.807, 2.05) is 6.07 Å². The van der Waals surface area contributed by atoms with Gasteiger partial charge in [-0.1, -0.05) is 24.3 Å². The molecule has 0 aliphatic heterocycles. The molecule has 0 aliphatic rings. The summed E-state index contributed by atoms with van der Waals surface area (Å²) in [7, 11) is 0. The van der Waals surface area contributed by atoms with Gasteiger partial charge in [0.25, 0.3) is 22.9 Å². The standard InChI is InChI=1S/2C21H23N5O6/c22-21-25-17-14(19(30)26-21)10-13(23-17)6-2-4-11-3-1-5-12(9-11)18(29)24-15(20(31)32)7-8-16(27)28;22-21-25-17-14(19(30)26-21)10-13(23-17)3-1-2-11-4-6-12(7-5-11)18(29)24-15(20(31)32)8-9-16(27)28/h1,3,5,9-10,15H,2,4,6-8H2,(H,24,29)(H,27,28)(H,31,32)(H4,22,23,25,26,30);4-7,10,15H,1-3,8-9H2,(H,24,29)(H,27,28)(H,31,32)(H4,22,23,25,26,30)/t2*15-/m00/s1. The van der Waals surface area contributed by atoms with Crippen LogP contribution in [0.2, 0.25) is 0 Å². The van der Waals surface area contributed by atoms with Crippen molar-refractivity contribution in [1.29, 1.82) is 0 Å². The van der Waals surface area contributed by atoms with Gasteiger partial charge in [-0.05, 0) is 98.9 Å². The predicted molar refractivity (Wildman–Crippen MR) is 231 cm³/mol. The number of aryl methyl sites for hydroxylation is 4. The molecular formula is C42H46N10O12. The summed E-state index contributed by atoms with van der Waals surface area (Å²) in [5.74, 6) is -5.90. The lowest BCUT2D eigenvalue weighted by Crippen LogP contribution is -2.41. The lowest BCUT2D eigenvalue weighted by Gasteiger charge is -2.14. The summed E-state index contributed by atoms with van der Waals surface area (Å²) in [6.45, 7) is 0. The fourth-order valence-electron chi connectivity index (χ4n) is 6.64. The van der Waals surface area contributed by atoms with Gasteiger partial charge in [-0.2, -0.15) is 9.97 Å². The molecule has 14 N–H and O–H groups in total. The molecule has 2 atom stereocenters. The topological polar surface area (TPSA) is 383 Å². The number of hydrogen-bond donors (Lipinski definition) is 12. The fourth-order valence-corrected chi connectivity index (χ4v) is 6.64. The second-order valence-corrected chi connectivity index (χ2v) is 14.7. The number of carboxylic acid groups (broad SMARTS) is 4. The number of fused-ring (bicyclic) bond motifs is 2. The van der Waals surface area contributed by atoms with E-state index in [0.717, 1.165) is 41.8 Å². The monoisotopic (exact) mass is 882 g/mol. The zero-order valence-corrected chi connectivity index (χ0v) is 34.1. The van der Waals surface area contributed by atoms with Crippen molar-refractivity contribution in [1.82, 2.24) is 40.5 Å². The summed E-state index contributed by atoms with van der Waals surface area (Å²) < 4.78 is 0. The third-order valence-corrected chi connectivity index (χ3v) is 9.87. The molecule has 0 radical (unpaired) electrons. The molecule has 0 fully saturated rings. The Hall–Kier alpha value is -8.30. The third-order valence-electron chi connectivity index (χ3n) is 9.87. The van der Waals surface area contributed by atoms with Crippen LogP contribution in [0.3, 0.4) is 0 Å². The first kappa shape index (κ1) is 46.8. The van der Waals surface area contributed by atoms with Crippen molar-refractivity contribution in [3.8, 4) is 0 Å². The van der Waals surface area contributed by atoms with Crippen LogP contribution in [0.1, 0.15) is 81.8 Å². The molecule has 64 heavy (non-hydrogen) atoms. The summed E-state index contributed by atoms with van der Waals surface area (Å²) in [4.78, 5) is 111. The Balaban J connectivity index is 0.000000241. The SMILES string of the molecule is Nc1nc2[nH]c(CCCc3ccc(C(=O)N[C@@H](CCC(=O)O)C(=O)O)cc3)cc2c(=O)[nH]1.Nc1nc2[nH]c(CCCc3cccc(C(=O)N[C@@H](CCC(=O)O)C(=O)O)c3)cc2c(=O)[nH]1. The fraction of sp³-hybridized carbons (Fsp3) is 0.286. The molecule has 6 aromatic rings. The van der Waals surface area contributed by atoms with Crippen molar-refractivity contribution in [3.63, 3.8) is 0 Å². The molecule has 2 amide bonds. The molecule has 0 saturated carbocycles. The number of amides is 2. The largest absolute Gasteiger partial charge is 0.481 e. The second-order valence-electron chi connectivity index (χ2n) is 14.7. The summed E-state index contributed by atoms with van der Waals surface area (Å²) in [6, 6.07) is 14.5. The number of nitrogens with two attached hydrogens (primary N) is 2. The number of carbonyl (C=O) groups excluding carboxylic acids is 2. The van der Waals surface area contributed by atoms with E-state index in [-0.39, 0.29) is 54.3 Å². The number of carbonyl (C=O) groups is 6. The lowest BCUT2D eigenvalue weighted by molar-refractivity contribution is -0.142. The number of benzene rings is 2. The Morgan fingerprint density at radius 2 is 1.02 bits per heavy atom. The van der Waals surface area contributed by atoms with Crippen LogP contribution >= 0.6 is 0 Å². The number of nitrogen functional groups attached to an aromatic ring is 2. The number of carboxylic acids is 4. The summed E-state index contributed by atoms with van der Waals surface area (Å²) in [5, 5.41) is 41.4. The van der Waals surface area contributed by atoms with E-state index >= 15 is 0 Å². The van der Waals surface area contributed by atoms with E-state index in [1.54, 1.807) is 54.6 Å². The van der Waals surface area contributed by atoms with Gasteiger partial charge < -0.3 is 52.5 Å². The highest BCUT2D eigenvalue weighted by Crippen LogP contribution is 2.16. The van der Waals surface area contributed by atoms with E-state index in [2.05, 4.69) is 40.5 Å². The van der Waals surface area contributed by atoms with Crippen LogP contribution in [0.5, 0.6) is 0 Å². The van der Waals surface area contributed by atoms with E-state index in [0.29, 0.717) is 46.9 Å². The van der Waals surface area contributed by atoms with Crippen LogP contribution in [-0.4, -0.2) is 98.1 Å². The van der Waals surface area contributed by atoms with E-state index < -0.39 is 47.8 Å². The molecule has 0 spiro atoms. The number of aromatic nitrogens is 6. The molecule has 0 aliphatic carbocycles. The number of aromatic amines is 4. The van der Waals surface area contributed by atoms with Crippen molar-refractivity contribution in [2.45, 2.75) is 76.3 Å². The lowest BCUT2D eigenvalue weighted by atomic mass is 10.0. The Labute approximate surface area is 361 Å². The normalized spacial score (nSPS) is 11.9. The van der Waals surface area contributed by atoms with Gasteiger partial charge in [0, 0.05) is 35.4 Å². The van der Waals surface area contributed by atoms with Gasteiger partial charge in [-0.25, -0.2) is 9.59 Å². The molecule has 0 unspecified atom stereocenters. The summed E-state index contributed by atoms with van der Waals surface area (Å²) >= 11 is 0. The molecule has 0 bridgehead atoms. The number of rotatable bonds is 20. The Kier molecular flexibility index (Phi) is 15.7. The number of anilines is 2. The number of nitrogens with one attached hydrogen (secondary N) is 6. The average molecular weight is 883 g/mol. The van der Waals surface area contributed by atoms with Crippen LogP contribution in [0.15, 0.2) is 70.3 Å². The highest BCUT2D eigenvalue weighted by atomic mass is 16.4. The minimum absolute atomic E-state index is 0.0408. The molecule has 4 aromatic heterocycles. The predicted octanol–water partition coefficient (Wildman–Crippen LogP) is 2.11. The molecule has 0 saturated heterocycles. The van der Waals surface area contributed by atoms with Crippen molar-refractivity contribution in [2.75, 3.05) is 11.5 Å². The minimum Gasteiger partial charge on any atom is -0.481 e. The molecule has 6 rings (SSSR count). The van der Waals surface area contributed by atoms with Crippen LogP contribution in [-0.2, 0) is 44.9 Å². The maximum absolute atomic E-state index is 12.4. The second kappa shape index (κ2) is 21.5. The van der Waals surface area contributed by atoms with Crippen molar-refractivity contribution < 1.29 is 49.2 Å². The number of hydrogen-bond acceptors (Lipinski definition) is 12. The summed E-state index contributed by atoms with van der Waals surface area (Å²) in [6.07, 6.45) is 3.07. The van der Waals surface area contributed by atoms with Gasteiger partial charge in [-0.3, -0.25) is 38.7 Å². The van der Waals surface area contributed by atoms with Crippen LogP contribution in [0, 0.1) is 0 Å². The van der Waals surface area contributed by atoms with Crippen molar-refractivity contribution in [3.05, 3.63) is 115 Å². The van der Waals surface area contributed by atoms with Crippen LogP contribution in [0.4, 0.5) is 11.9 Å². The number of H-pyrrole nitrogens is 4. The van der Waals surface area contributed by atoms with Gasteiger partial charge in [-0.15, -0.1) is 0 Å². The van der Waals surface area contributed by atoms with Gasteiger partial charge in [0.2, 0.25) is 11.9 Å². The first-order valence-electron chi connectivity index (χ1n) is 19.9. The molecule has 22 nitrogen and oxygen atoms in total. The van der Waals surface area contributed by atoms with Crippen molar-refractivity contribution >= 4 is 69.7 Å². The molecule has 336 valence electrons. The molecule has 2 aromatic carbocycles. The molecule has 4 heterocycles. The van der Waals surface area contributed by atoms with E-state index in [1.165, 1.54) is 0 Å². The zero-order chi connectivity index (χ0) is 46.5. The van der Waals surface area contributed by atoms with Crippen LogP contribution < -0.4 is 33.2 Å². The third kappa shape index (κ3) is 13.3. The molecule has 22 heteroatoms. The van der Waals surface area contributed by atoms with Gasteiger partial charge in [0.15, 0.2) is 0 Å². The molecular weight excluding hydrogens is 837 g/mol. The number of nitrogens with zero attached hydrogens (tertiary/aromatic N) is 2. The summed E-state index contributed by atoms with van der Waals surface area (Å²) in [5.41, 5.74) is 15.5. The first-order valence-corrected chi connectivity index (χ1v) is 19.9. The zero-order valence-electron chi connectivity index (χ0n) is 34.1. The van der Waals surface area contributed by atoms with Crippen LogP contribution in [0.25, 0.3) is 22.1 Å². The number of aliphatic carboxylic acids is 4. The van der Waals surface area contributed by atoms with E-state index in [9.17, 15) is 43.5 Å². The Bertz CT molecular complexity index is 2790. The smallest absolute Gasteiger partial charge is 0.326 e. The maximum atomic E-state index is 12.4. The van der Waals surface area contributed by atoms with Gasteiger partial charge in [0.05, 0.1) is 10.8 Å².